The van der Waals surface area contributed by atoms with Gasteiger partial charge in [-0.1, -0.05) is 36.4 Å². The van der Waals surface area contributed by atoms with Crippen molar-refractivity contribution in [3.05, 3.63) is 64.4 Å². The van der Waals surface area contributed by atoms with Crippen LogP contribution in [-0.4, -0.2) is 42.1 Å². The Labute approximate surface area is 147 Å². The maximum Gasteiger partial charge on any atom is 0.120 e. The maximum atomic E-state index is 10.4. The van der Waals surface area contributed by atoms with Crippen LogP contribution in [0.25, 0.3) is 10.8 Å². The third-order valence-electron chi connectivity index (χ3n) is 4.22. The number of nitrogens with zero attached hydrogens (tertiary/aromatic N) is 2. The van der Waals surface area contributed by atoms with Crippen molar-refractivity contribution in [3.8, 4) is 5.75 Å². The van der Waals surface area contributed by atoms with Gasteiger partial charge in [0, 0.05) is 36.6 Å². The quantitative estimate of drug-likeness (QED) is 0.699. The van der Waals surface area contributed by atoms with Crippen molar-refractivity contribution < 1.29 is 5.11 Å². The molecular weight excluding hydrogens is 316 g/mol. The van der Waals surface area contributed by atoms with Crippen molar-refractivity contribution in [1.29, 1.82) is 0 Å². The predicted molar refractivity (Wildman–Crippen MR) is 103 cm³/mol. The van der Waals surface area contributed by atoms with Gasteiger partial charge in [-0.2, -0.15) is 0 Å². The van der Waals surface area contributed by atoms with Crippen molar-refractivity contribution >= 4 is 22.1 Å². The second kappa shape index (κ2) is 7.79. The molecule has 0 aliphatic rings. The molecule has 3 rings (SSSR count). The van der Waals surface area contributed by atoms with Gasteiger partial charge < -0.3 is 10.0 Å². The average Bonchev–Trinajstić information content (AvgIpc) is 3.08. The average molecular weight is 340 g/mol. The van der Waals surface area contributed by atoms with Crippen LogP contribution in [0.15, 0.2) is 53.9 Å². The monoisotopic (exact) mass is 340 g/mol. The Balaban J connectivity index is 1.87. The van der Waals surface area contributed by atoms with E-state index in [-0.39, 0.29) is 0 Å². The first-order valence-electron chi connectivity index (χ1n) is 8.22. The van der Waals surface area contributed by atoms with Crippen LogP contribution < -0.4 is 0 Å². The summed E-state index contributed by atoms with van der Waals surface area (Å²) in [6.45, 7) is 3.62. The molecule has 3 nitrogen and oxygen atoms in total. The molecule has 0 aliphatic heterocycles. The number of thiophene rings is 1. The molecule has 2 aromatic carbocycles. The van der Waals surface area contributed by atoms with Crippen molar-refractivity contribution in [2.75, 3.05) is 27.2 Å². The molecular formula is C20H24N2OS. The Kier molecular flexibility index (Phi) is 5.51. The standard InChI is InChI=1S/C20H24N2OS/c1-21(2)11-12-22(14-17-7-5-13-24-17)15-19-18-8-4-3-6-16(18)9-10-20(19)23/h3-10,13,23H,11-12,14-15H2,1-2H3. The summed E-state index contributed by atoms with van der Waals surface area (Å²) in [5.41, 5.74) is 1.02. The minimum atomic E-state index is 0.384. The summed E-state index contributed by atoms with van der Waals surface area (Å²) in [6, 6.07) is 16.3. The summed E-state index contributed by atoms with van der Waals surface area (Å²) in [6.07, 6.45) is 0. The zero-order valence-electron chi connectivity index (χ0n) is 14.3. The van der Waals surface area contributed by atoms with E-state index in [1.807, 2.05) is 24.3 Å². The molecule has 0 atom stereocenters. The van der Waals surface area contributed by atoms with Gasteiger partial charge in [-0.05, 0) is 42.4 Å². The maximum absolute atomic E-state index is 10.4. The Morgan fingerprint density at radius 1 is 0.917 bits per heavy atom. The number of phenolic OH excluding ortho intramolecular Hbond substituents is 1. The van der Waals surface area contributed by atoms with Crippen LogP contribution >= 0.6 is 11.3 Å². The molecule has 0 fully saturated rings. The van der Waals surface area contributed by atoms with Crippen LogP contribution in [0.1, 0.15) is 10.4 Å². The minimum absolute atomic E-state index is 0.384. The number of hydrogen-bond acceptors (Lipinski definition) is 4. The van der Waals surface area contributed by atoms with Crippen LogP contribution in [0.5, 0.6) is 5.75 Å². The van der Waals surface area contributed by atoms with E-state index in [9.17, 15) is 5.11 Å². The van der Waals surface area contributed by atoms with Gasteiger partial charge in [-0.15, -0.1) is 11.3 Å². The summed E-state index contributed by atoms with van der Waals surface area (Å²) in [7, 11) is 4.19. The second-order valence-corrected chi connectivity index (χ2v) is 7.41. The largest absolute Gasteiger partial charge is 0.508 e. The normalized spacial score (nSPS) is 11.7. The van der Waals surface area contributed by atoms with E-state index in [0.29, 0.717) is 5.75 Å². The SMILES string of the molecule is CN(C)CCN(Cc1cccs1)Cc1c(O)ccc2ccccc12. The van der Waals surface area contributed by atoms with Crippen LogP contribution in [0.2, 0.25) is 0 Å². The van der Waals surface area contributed by atoms with Gasteiger partial charge in [-0.25, -0.2) is 0 Å². The van der Waals surface area contributed by atoms with Gasteiger partial charge in [0.05, 0.1) is 0 Å². The predicted octanol–water partition coefficient (Wildman–Crippen LogP) is 4.17. The fourth-order valence-corrected chi connectivity index (χ4v) is 3.64. The molecule has 24 heavy (non-hydrogen) atoms. The molecule has 0 radical (unpaired) electrons. The van der Waals surface area contributed by atoms with Crippen molar-refractivity contribution in [2.45, 2.75) is 13.1 Å². The van der Waals surface area contributed by atoms with Gasteiger partial charge >= 0.3 is 0 Å². The van der Waals surface area contributed by atoms with Crippen LogP contribution in [0.3, 0.4) is 0 Å². The molecule has 0 saturated heterocycles. The fraction of sp³-hybridized carbons (Fsp3) is 0.300. The van der Waals surface area contributed by atoms with Crippen LogP contribution in [0, 0.1) is 0 Å². The smallest absolute Gasteiger partial charge is 0.120 e. The highest BCUT2D eigenvalue weighted by molar-refractivity contribution is 7.09. The molecule has 4 heteroatoms. The van der Waals surface area contributed by atoms with Gasteiger partial charge in [0.25, 0.3) is 0 Å². The van der Waals surface area contributed by atoms with Crippen molar-refractivity contribution in [3.63, 3.8) is 0 Å². The molecule has 1 N–H and O–H groups in total. The highest BCUT2D eigenvalue weighted by Crippen LogP contribution is 2.29. The number of hydrogen-bond donors (Lipinski definition) is 1. The molecule has 0 unspecified atom stereocenters. The lowest BCUT2D eigenvalue weighted by Crippen LogP contribution is -2.31. The Morgan fingerprint density at radius 3 is 2.50 bits per heavy atom. The summed E-state index contributed by atoms with van der Waals surface area (Å²) in [5.74, 6) is 0.384. The van der Waals surface area contributed by atoms with Crippen LogP contribution in [-0.2, 0) is 13.1 Å². The van der Waals surface area contributed by atoms with Crippen LogP contribution in [0.4, 0.5) is 0 Å². The molecule has 0 amide bonds. The second-order valence-electron chi connectivity index (χ2n) is 6.38. The number of likely N-dealkylation sites (N-methyl/N-ethyl adjacent to an activating group) is 1. The Bertz CT molecular complexity index is 783. The lowest BCUT2D eigenvalue weighted by molar-refractivity contribution is 0.226. The minimum Gasteiger partial charge on any atom is -0.508 e. The van der Waals surface area contributed by atoms with Gasteiger partial charge in [0.15, 0.2) is 0 Å². The van der Waals surface area contributed by atoms with E-state index in [1.54, 1.807) is 11.3 Å². The zero-order valence-corrected chi connectivity index (χ0v) is 15.1. The number of aromatic hydroxyl groups is 1. The highest BCUT2D eigenvalue weighted by atomic mass is 32.1. The fourth-order valence-electron chi connectivity index (χ4n) is 2.89. The lowest BCUT2D eigenvalue weighted by Gasteiger charge is -2.24. The van der Waals surface area contributed by atoms with E-state index < -0.39 is 0 Å². The van der Waals surface area contributed by atoms with E-state index in [1.165, 1.54) is 10.3 Å². The first kappa shape index (κ1) is 17.0. The van der Waals surface area contributed by atoms with Crippen molar-refractivity contribution in [1.82, 2.24) is 9.80 Å². The summed E-state index contributed by atoms with van der Waals surface area (Å²) in [5, 5.41) is 14.9. The molecule has 0 spiro atoms. The van der Waals surface area contributed by atoms with E-state index >= 15 is 0 Å². The number of benzene rings is 2. The Hall–Kier alpha value is -1.88. The molecule has 3 aromatic rings. The van der Waals surface area contributed by atoms with E-state index in [2.05, 4.69) is 53.5 Å². The van der Waals surface area contributed by atoms with Gasteiger partial charge in [0.1, 0.15) is 5.75 Å². The first-order chi connectivity index (χ1) is 11.6. The third kappa shape index (κ3) is 4.15. The summed E-state index contributed by atoms with van der Waals surface area (Å²) >= 11 is 1.79. The van der Waals surface area contributed by atoms with Gasteiger partial charge in [0.2, 0.25) is 0 Å². The summed E-state index contributed by atoms with van der Waals surface area (Å²) < 4.78 is 0. The van der Waals surface area contributed by atoms with E-state index in [4.69, 9.17) is 0 Å². The number of rotatable bonds is 7. The van der Waals surface area contributed by atoms with Crippen molar-refractivity contribution in [2.24, 2.45) is 0 Å². The topological polar surface area (TPSA) is 26.7 Å². The molecule has 1 aromatic heterocycles. The molecule has 1 heterocycles. The van der Waals surface area contributed by atoms with Gasteiger partial charge in [-0.3, -0.25) is 4.90 Å². The zero-order chi connectivity index (χ0) is 16.9. The Morgan fingerprint density at radius 2 is 1.75 bits per heavy atom. The summed E-state index contributed by atoms with van der Waals surface area (Å²) in [4.78, 5) is 5.96. The first-order valence-corrected chi connectivity index (χ1v) is 9.10. The van der Waals surface area contributed by atoms with E-state index in [0.717, 1.165) is 37.1 Å². The lowest BCUT2D eigenvalue weighted by atomic mass is 10.0. The number of phenols is 1. The molecule has 0 bridgehead atoms. The third-order valence-corrected chi connectivity index (χ3v) is 5.08. The molecule has 0 saturated carbocycles. The molecule has 0 aliphatic carbocycles. The highest BCUT2D eigenvalue weighted by Gasteiger charge is 2.13. The molecule has 126 valence electrons. The number of fused-ring (bicyclic) bond motifs is 1.